The largest absolute Gasteiger partial charge is 0.508 e. The molecule has 2 aromatic carbocycles. The van der Waals surface area contributed by atoms with Gasteiger partial charge in [0, 0.05) is 34.8 Å². The fraction of sp³-hybridized carbons (Fsp3) is 0. The Hall–Kier alpha value is -4.17. The molecule has 2 aromatic heterocycles. The quantitative estimate of drug-likeness (QED) is 0.592. The third-order valence-corrected chi connectivity index (χ3v) is 4.44. The minimum Gasteiger partial charge on any atom is -0.508 e. The van der Waals surface area contributed by atoms with Crippen LogP contribution < -0.4 is 5.56 Å². The van der Waals surface area contributed by atoms with E-state index in [1.54, 1.807) is 54.9 Å². The molecule has 0 saturated carbocycles. The lowest BCUT2D eigenvalue weighted by Crippen LogP contribution is -2.20. The highest BCUT2D eigenvalue weighted by Gasteiger charge is 2.14. The lowest BCUT2D eigenvalue weighted by molar-refractivity contribution is 0.475. The first-order valence-electron chi connectivity index (χ1n) is 8.64. The molecular formula is C23H15N3O2. The van der Waals surface area contributed by atoms with Crippen molar-refractivity contribution in [2.24, 2.45) is 0 Å². The van der Waals surface area contributed by atoms with Gasteiger partial charge < -0.3 is 5.11 Å². The average Bonchev–Trinajstić information content (AvgIpc) is 2.75. The first-order chi connectivity index (χ1) is 13.7. The maximum Gasteiger partial charge on any atom is 0.263 e. The molecule has 0 saturated heterocycles. The molecule has 0 atom stereocenters. The van der Waals surface area contributed by atoms with Crippen LogP contribution in [0, 0.1) is 11.3 Å². The molecule has 0 radical (unpaired) electrons. The predicted molar refractivity (Wildman–Crippen MR) is 107 cm³/mol. The number of nitrogens with zero attached hydrogens (tertiary/aromatic N) is 3. The van der Waals surface area contributed by atoms with Crippen LogP contribution in [0.2, 0.25) is 0 Å². The lowest BCUT2D eigenvalue weighted by Gasteiger charge is -2.13. The van der Waals surface area contributed by atoms with Gasteiger partial charge in [0.2, 0.25) is 0 Å². The van der Waals surface area contributed by atoms with Crippen LogP contribution in [0.15, 0.2) is 90.0 Å². The number of phenolic OH excluding ortho intramolecular Hbond substituents is 1. The number of aromatic nitrogens is 2. The van der Waals surface area contributed by atoms with Crippen molar-refractivity contribution in [3.05, 3.63) is 101 Å². The molecular weight excluding hydrogens is 350 g/mol. The van der Waals surface area contributed by atoms with Crippen molar-refractivity contribution >= 4 is 0 Å². The predicted octanol–water partition coefficient (Wildman–Crippen LogP) is 4.14. The van der Waals surface area contributed by atoms with E-state index in [4.69, 9.17) is 0 Å². The van der Waals surface area contributed by atoms with Crippen LogP contribution in [0.25, 0.3) is 28.1 Å². The highest BCUT2D eigenvalue weighted by molar-refractivity contribution is 5.74. The van der Waals surface area contributed by atoms with E-state index < -0.39 is 0 Å². The molecule has 4 aromatic rings. The second-order valence-corrected chi connectivity index (χ2v) is 6.21. The Morgan fingerprint density at radius 1 is 0.929 bits per heavy atom. The number of benzene rings is 2. The zero-order valence-electron chi connectivity index (χ0n) is 14.8. The van der Waals surface area contributed by atoms with Gasteiger partial charge >= 0.3 is 0 Å². The summed E-state index contributed by atoms with van der Waals surface area (Å²) < 4.78 is 1.51. The van der Waals surface area contributed by atoms with E-state index in [1.807, 2.05) is 18.2 Å². The molecule has 134 valence electrons. The Balaban J connectivity index is 2.03. The Morgan fingerprint density at radius 3 is 2.39 bits per heavy atom. The van der Waals surface area contributed by atoms with Crippen molar-refractivity contribution in [2.45, 2.75) is 0 Å². The number of pyridine rings is 2. The number of hydrogen-bond acceptors (Lipinski definition) is 4. The highest BCUT2D eigenvalue weighted by Crippen LogP contribution is 2.26. The second kappa shape index (κ2) is 7.22. The maximum absolute atomic E-state index is 13.3. The monoisotopic (exact) mass is 365 g/mol. The Bertz CT molecular complexity index is 1240. The van der Waals surface area contributed by atoms with Gasteiger partial charge in [-0.15, -0.1) is 0 Å². The van der Waals surface area contributed by atoms with E-state index >= 15 is 0 Å². The summed E-state index contributed by atoms with van der Waals surface area (Å²) in [6.07, 6.45) is 3.41. The van der Waals surface area contributed by atoms with Crippen molar-refractivity contribution in [3.63, 3.8) is 0 Å². The van der Waals surface area contributed by atoms with Gasteiger partial charge in [0.1, 0.15) is 5.75 Å². The van der Waals surface area contributed by atoms with E-state index in [1.165, 1.54) is 16.7 Å². The first-order valence-corrected chi connectivity index (χ1v) is 8.64. The molecule has 5 nitrogen and oxygen atoms in total. The van der Waals surface area contributed by atoms with Crippen LogP contribution >= 0.6 is 0 Å². The summed E-state index contributed by atoms with van der Waals surface area (Å²) in [5.41, 5.74) is 3.22. The summed E-state index contributed by atoms with van der Waals surface area (Å²) in [6.45, 7) is 0. The number of hydrogen-bond donors (Lipinski definition) is 1. The van der Waals surface area contributed by atoms with Crippen molar-refractivity contribution < 1.29 is 5.11 Å². The summed E-state index contributed by atoms with van der Waals surface area (Å²) in [7, 11) is 0. The number of aromatic hydroxyl groups is 1. The van der Waals surface area contributed by atoms with Gasteiger partial charge in [-0.3, -0.25) is 14.3 Å². The minimum absolute atomic E-state index is 0.118. The molecule has 0 bridgehead atoms. The minimum atomic E-state index is -0.256. The fourth-order valence-electron chi connectivity index (χ4n) is 3.07. The van der Waals surface area contributed by atoms with E-state index in [0.717, 1.165) is 5.56 Å². The van der Waals surface area contributed by atoms with Crippen LogP contribution in [0.3, 0.4) is 0 Å². The normalized spacial score (nSPS) is 10.4. The van der Waals surface area contributed by atoms with Crippen molar-refractivity contribution in [2.75, 3.05) is 0 Å². The Kier molecular flexibility index (Phi) is 4.45. The number of nitriles is 1. The highest BCUT2D eigenvalue weighted by atomic mass is 16.3. The lowest BCUT2D eigenvalue weighted by atomic mass is 9.99. The summed E-state index contributed by atoms with van der Waals surface area (Å²) in [5, 5.41) is 19.0. The number of rotatable bonds is 3. The smallest absolute Gasteiger partial charge is 0.263 e. The van der Waals surface area contributed by atoms with Gasteiger partial charge in [0.15, 0.2) is 0 Å². The van der Waals surface area contributed by atoms with Gasteiger partial charge in [-0.05, 0) is 48.5 Å². The molecule has 4 rings (SSSR count). The summed E-state index contributed by atoms with van der Waals surface area (Å²) >= 11 is 0. The topological polar surface area (TPSA) is 78.9 Å². The molecule has 0 aliphatic rings. The molecule has 0 aliphatic heterocycles. The van der Waals surface area contributed by atoms with Crippen molar-refractivity contribution in [1.29, 1.82) is 5.26 Å². The summed E-state index contributed by atoms with van der Waals surface area (Å²) in [5.74, 6) is 0.118. The van der Waals surface area contributed by atoms with Gasteiger partial charge in [0.05, 0.1) is 17.3 Å². The molecule has 0 unspecified atom stereocenters. The van der Waals surface area contributed by atoms with Crippen LogP contribution in [-0.2, 0) is 0 Å². The van der Waals surface area contributed by atoms with E-state index in [2.05, 4.69) is 11.1 Å². The van der Waals surface area contributed by atoms with Crippen molar-refractivity contribution in [3.8, 4) is 39.9 Å². The van der Waals surface area contributed by atoms with Crippen molar-refractivity contribution in [1.82, 2.24) is 9.55 Å². The standard InChI is InChI=1S/C23H15N3O2/c24-14-16-5-1-2-6-20(16)21-13-17(22-7-3-4-12-25-22)15-26(23(21)28)18-8-10-19(27)11-9-18/h1-13,15,27H. The molecule has 1 N–H and O–H groups in total. The van der Waals surface area contributed by atoms with Crippen LogP contribution in [0.4, 0.5) is 0 Å². The molecule has 0 fully saturated rings. The SMILES string of the molecule is N#Cc1ccccc1-c1cc(-c2ccccn2)cn(-c2ccc(O)cc2)c1=O. The van der Waals surface area contributed by atoms with Crippen LogP contribution in [-0.4, -0.2) is 14.7 Å². The summed E-state index contributed by atoms with van der Waals surface area (Å²) in [4.78, 5) is 17.7. The zero-order valence-corrected chi connectivity index (χ0v) is 14.8. The molecule has 0 spiro atoms. The van der Waals surface area contributed by atoms with E-state index in [-0.39, 0.29) is 11.3 Å². The van der Waals surface area contributed by atoms with Gasteiger partial charge in [-0.1, -0.05) is 24.3 Å². The molecule has 2 heterocycles. The van der Waals surface area contributed by atoms with Gasteiger partial charge in [0.25, 0.3) is 5.56 Å². The molecule has 0 aliphatic carbocycles. The molecule has 28 heavy (non-hydrogen) atoms. The zero-order chi connectivity index (χ0) is 19.5. The number of phenols is 1. The molecule has 5 heteroatoms. The molecule has 0 amide bonds. The summed E-state index contributed by atoms with van der Waals surface area (Å²) in [6, 6.07) is 22.9. The third kappa shape index (κ3) is 3.15. The fourth-order valence-corrected chi connectivity index (χ4v) is 3.07. The van der Waals surface area contributed by atoms with E-state index in [0.29, 0.717) is 28.1 Å². The maximum atomic E-state index is 13.3. The van der Waals surface area contributed by atoms with Crippen LogP contribution in [0.1, 0.15) is 5.56 Å². The van der Waals surface area contributed by atoms with E-state index in [9.17, 15) is 15.2 Å². The Labute approximate surface area is 161 Å². The van der Waals surface area contributed by atoms with Gasteiger partial charge in [-0.2, -0.15) is 5.26 Å². The third-order valence-electron chi connectivity index (χ3n) is 4.44. The second-order valence-electron chi connectivity index (χ2n) is 6.21. The van der Waals surface area contributed by atoms with Crippen LogP contribution in [0.5, 0.6) is 5.75 Å². The van der Waals surface area contributed by atoms with Gasteiger partial charge in [-0.25, -0.2) is 0 Å². The average molecular weight is 365 g/mol. The first kappa shape index (κ1) is 17.3. The Morgan fingerprint density at radius 2 is 1.68 bits per heavy atom.